The monoisotopic (exact) mass is 135 g/mol. The van der Waals surface area contributed by atoms with Crippen molar-refractivity contribution in [3.63, 3.8) is 0 Å². The van der Waals surface area contributed by atoms with E-state index in [0.717, 1.165) is 5.69 Å². The molecule has 0 fully saturated rings. The van der Waals surface area contributed by atoms with E-state index in [9.17, 15) is 4.79 Å². The molecule has 2 heterocycles. The van der Waals surface area contributed by atoms with Crippen molar-refractivity contribution in [2.24, 2.45) is 0 Å². The van der Waals surface area contributed by atoms with Gasteiger partial charge in [0.25, 0.3) is 0 Å². The summed E-state index contributed by atoms with van der Waals surface area (Å²) < 4.78 is 3.18. The molecular formula is C7H7N2O+. The fraction of sp³-hybridized carbons (Fsp3) is 0.143. The van der Waals surface area contributed by atoms with Crippen molar-refractivity contribution in [1.29, 1.82) is 0 Å². The quantitative estimate of drug-likeness (QED) is 0.476. The summed E-state index contributed by atoms with van der Waals surface area (Å²) >= 11 is 0. The third-order valence-electron chi connectivity index (χ3n) is 1.61. The third-order valence-corrected chi connectivity index (χ3v) is 1.61. The molecule has 1 amide bonds. The lowest BCUT2D eigenvalue weighted by Gasteiger charge is -1.83. The van der Waals surface area contributed by atoms with Crippen molar-refractivity contribution >= 4 is 12.2 Å². The van der Waals surface area contributed by atoms with Crippen molar-refractivity contribution in [3.8, 4) is 0 Å². The van der Waals surface area contributed by atoms with Crippen LogP contribution in [0.1, 0.15) is 5.69 Å². The minimum atomic E-state index is 0.0139. The van der Waals surface area contributed by atoms with Crippen LogP contribution in [0, 0.1) is 0 Å². The molecule has 0 unspecified atom stereocenters. The topological polar surface area (TPSA) is 25.0 Å². The predicted octanol–water partition coefficient (Wildman–Crippen LogP) is 0.531. The maximum absolute atomic E-state index is 11.1. The van der Waals surface area contributed by atoms with Crippen LogP contribution >= 0.6 is 0 Å². The first-order valence-corrected chi connectivity index (χ1v) is 3.08. The molecule has 0 radical (unpaired) electrons. The summed E-state index contributed by atoms with van der Waals surface area (Å²) in [6, 6.07) is 3.78. The van der Waals surface area contributed by atoms with Crippen molar-refractivity contribution in [2.75, 3.05) is 7.05 Å². The van der Waals surface area contributed by atoms with Gasteiger partial charge in [0.15, 0.2) is 5.69 Å². The number of hydrogen-bond acceptors (Lipinski definition) is 1. The molecule has 0 atom stereocenters. The van der Waals surface area contributed by atoms with Crippen LogP contribution in [0.5, 0.6) is 0 Å². The highest BCUT2D eigenvalue weighted by Crippen LogP contribution is 2.04. The van der Waals surface area contributed by atoms with Crippen LogP contribution in [0.4, 0.5) is 4.79 Å². The van der Waals surface area contributed by atoms with Crippen LogP contribution in [0.3, 0.4) is 0 Å². The maximum Gasteiger partial charge on any atom is 0.503 e. The van der Waals surface area contributed by atoms with E-state index in [1.54, 1.807) is 22.4 Å². The zero-order valence-corrected chi connectivity index (χ0v) is 5.61. The maximum atomic E-state index is 11.1. The van der Waals surface area contributed by atoms with Gasteiger partial charge in [-0.05, 0) is 12.1 Å². The third kappa shape index (κ3) is 0.492. The van der Waals surface area contributed by atoms with Crippen LogP contribution in [0.15, 0.2) is 18.3 Å². The Kier molecular flexibility index (Phi) is 0.845. The molecule has 10 heavy (non-hydrogen) atoms. The Morgan fingerprint density at radius 2 is 2.40 bits per heavy atom. The van der Waals surface area contributed by atoms with Gasteiger partial charge in [-0.3, -0.25) is 0 Å². The fourth-order valence-corrected chi connectivity index (χ4v) is 1.10. The standard InChI is InChI=1S/C7H7N2O/c1-8-5-6-3-2-4-9(6)7(8)10/h2-5H,1H3/q+1. The van der Waals surface area contributed by atoms with Gasteiger partial charge in [-0.1, -0.05) is 0 Å². The molecule has 1 aliphatic heterocycles. The number of fused-ring (bicyclic) bond motifs is 1. The van der Waals surface area contributed by atoms with Gasteiger partial charge >= 0.3 is 6.03 Å². The number of rotatable bonds is 0. The smallest absolute Gasteiger partial charge is 0.196 e. The summed E-state index contributed by atoms with van der Waals surface area (Å²) in [6.07, 6.45) is 3.57. The molecular weight excluding hydrogens is 128 g/mol. The molecule has 0 bridgehead atoms. The SMILES string of the molecule is C[N+]1=Cc2cccn2C1=O. The van der Waals surface area contributed by atoms with E-state index >= 15 is 0 Å². The summed E-state index contributed by atoms with van der Waals surface area (Å²) in [5.74, 6) is 0. The van der Waals surface area contributed by atoms with Crippen LogP contribution < -0.4 is 0 Å². The van der Waals surface area contributed by atoms with Crippen molar-refractivity contribution in [2.45, 2.75) is 0 Å². The van der Waals surface area contributed by atoms with E-state index in [1.165, 1.54) is 0 Å². The van der Waals surface area contributed by atoms with Crippen molar-refractivity contribution < 1.29 is 9.37 Å². The summed E-state index contributed by atoms with van der Waals surface area (Å²) in [4.78, 5) is 11.1. The fourth-order valence-electron chi connectivity index (χ4n) is 1.10. The Morgan fingerprint density at radius 1 is 1.60 bits per heavy atom. The van der Waals surface area contributed by atoms with Gasteiger partial charge in [-0.2, -0.15) is 13.9 Å². The van der Waals surface area contributed by atoms with Gasteiger partial charge in [0, 0.05) is 0 Å². The zero-order valence-electron chi connectivity index (χ0n) is 5.61. The Hall–Kier alpha value is -1.38. The minimum Gasteiger partial charge on any atom is -0.196 e. The Balaban J connectivity index is 2.68. The first kappa shape index (κ1) is 5.41. The van der Waals surface area contributed by atoms with E-state index in [4.69, 9.17) is 0 Å². The molecule has 50 valence electrons. The van der Waals surface area contributed by atoms with Crippen LogP contribution in [0.2, 0.25) is 0 Å². The lowest BCUT2D eigenvalue weighted by Crippen LogP contribution is -2.14. The summed E-state index contributed by atoms with van der Waals surface area (Å²) in [5, 5.41) is 0. The molecule has 0 aliphatic carbocycles. The molecule has 1 aromatic rings. The van der Waals surface area contributed by atoms with E-state index < -0.39 is 0 Å². The van der Waals surface area contributed by atoms with Crippen molar-refractivity contribution in [1.82, 2.24) is 4.57 Å². The summed E-state index contributed by atoms with van der Waals surface area (Å²) in [5.41, 5.74) is 0.951. The average Bonchev–Trinajstić information content (AvgIpc) is 2.41. The predicted molar refractivity (Wildman–Crippen MR) is 36.6 cm³/mol. The largest absolute Gasteiger partial charge is 0.503 e. The molecule has 0 spiro atoms. The first-order chi connectivity index (χ1) is 4.79. The van der Waals surface area contributed by atoms with E-state index in [-0.39, 0.29) is 6.03 Å². The number of carbonyl (C=O) groups is 1. The molecule has 0 saturated carbocycles. The summed E-state index contributed by atoms with van der Waals surface area (Å²) in [7, 11) is 1.75. The molecule has 1 aromatic heterocycles. The molecule has 0 aromatic carbocycles. The number of carbonyl (C=O) groups excluding carboxylic acids is 1. The second-order valence-corrected chi connectivity index (χ2v) is 2.33. The number of nitrogens with zero attached hydrogens (tertiary/aromatic N) is 2. The van der Waals surface area contributed by atoms with Gasteiger partial charge in [-0.25, -0.2) is 0 Å². The number of aromatic nitrogens is 1. The zero-order chi connectivity index (χ0) is 7.14. The number of amides is 1. The average molecular weight is 135 g/mol. The lowest BCUT2D eigenvalue weighted by molar-refractivity contribution is -0.383. The van der Waals surface area contributed by atoms with Gasteiger partial charge < -0.3 is 0 Å². The molecule has 1 aliphatic rings. The van der Waals surface area contributed by atoms with E-state index in [0.29, 0.717) is 0 Å². The molecule has 3 heteroatoms. The second-order valence-electron chi connectivity index (χ2n) is 2.33. The highest BCUT2D eigenvalue weighted by atomic mass is 16.2. The van der Waals surface area contributed by atoms with Gasteiger partial charge in [0.1, 0.15) is 12.4 Å². The second kappa shape index (κ2) is 1.56. The first-order valence-electron chi connectivity index (χ1n) is 3.08. The molecule has 0 N–H and O–H groups in total. The van der Waals surface area contributed by atoms with E-state index in [1.807, 2.05) is 18.3 Å². The Labute approximate surface area is 58.2 Å². The number of hydrogen-bond donors (Lipinski definition) is 0. The highest BCUT2D eigenvalue weighted by molar-refractivity contribution is 5.90. The minimum absolute atomic E-state index is 0.0139. The molecule has 3 nitrogen and oxygen atoms in total. The highest BCUT2D eigenvalue weighted by Gasteiger charge is 2.25. The molecule has 0 saturated heterocycles. The van der Waals surface area contributed by atoms with E-state index in [2.05, 4.69) is 0 Å². The van der Waals surface area contributed by atoms with Gasteiger partial charge in [0.05, 0.1) is 7.05 Å². The Bertz CT molecular complexity index is 322. The van der Waals surface area contributed by atoms with Crippen molar-refractivity contribution in [3.05, 3.63) is 24.0 Å². The van der Waals surface area contributed by atoms with Crippen LogP contribution in [-0.4, -0.2) is 28.4 Å². The molecule has 2 rings (SSSR count). The summed E-state index contributed by atoms with van der Waals surface area (Å²) in [6.45, 7) is 0. The normalized spacial score (nSPS) is 15.3. The Morgan fingerprint density at radius 3 is 3.10 bits per heavy atom. The van der Waals surface area contributed by atoms with Crippen LogP contribution in [-0.2, 0) is 0 Å². The lowest BCUT2D eigenvalue weighted by atomic mass is 10.5. The van der Waals surface area contributed by atoms with Crippen LogP contribution in [0.25, 0.3) is 0 Å². The van der Waals surface area contributed by atoms with Gasteiger partial charge in [-0.15, -0.1) is 0 Å². The van der Waals surface area contributed by atoms with Gasteiger partial charge in [0.2, 0.25) is 0 Å².